The van der Waals surface area contributed by atoms with Gasteiger partial charge in [0.25, 0.3) is 0 Å². The van der Waals surface area contributed by atoms with Crippen LogP contribution in [0.5, 0.6) is 0 Å². The second-order valence-corrected chi connectivity index (χ2v) is 11.1. The molecule has 8 aromatic rings. The molecule has 37 heavy (non-hydrogen) atoms. The van der Waals surface area contributed by atoms with Crippen LogP contribution in [0.2, 0.25) is 0 Å². The molecule has 0 spiro atoms. The van der Waals surface area contributed by atoms with Crippen molar-refractivity contribution in [1.29, 1.82) is 0 Å². The maximum atomic E-state index is 2.43. The normalized spacial score (nSPS) is 12.3. The molecule has 0 aliphatic heterocycles. The lowest BCUT2D eigenvalue weighted by Crippen LogP contribution is -1.90. The van der Waals surface area contributed by atoms with Crippen molar-refractivity contribution in [1.82, 2.24) is 0 Å². The van der Waals surface area contributed by atoms with Crippen LogP contribution >= 0.6 is 11.3 Å². The first kappa shape index (κ1) is 19.7. The molecule has 0 atom stereocenters. The van der Waals surface area contributed by atoms with Crippen LogP contribution in [0.15, 0.2) is 121 Å². The van der Waals surface area contributed by atoms with Crippen molar-refractivity contribution in [2.75, 3.05) is 0 Å². The van der Waals surface area contributed by atoms with Crippen LogP contribution in [0.1, 0.15) is 0 Å². The fourth-order valence-corrected chi connectivity index (χ4v) is 7.88. The molecule has 170 valence electrons. The van der Waals surface area contributed by atoms with Crippen LogP contribution in [0.3, 0.4) is 0 Å². The Kier molecular flexibility index (Phi) is 3.76. The smallest absolute Gasteiger partial charge is 0.0434 e. The lowest BCUT2D eigenvalue weighted by atomic mass is 9.85. The summed E-state index contributed by atoms with van der Waals surface area (Å²) in [5.74, 6) is 0. The first-order chi connectivity index (χ1) is 18.4. The average Bonchev–Trinajstić information content (AvgIpc) is 3.49. The van der Waals surface area contributed by atoms with E-state index in [1.165, 1.54) is 85.9 Å². The maximum Gasteiger partial charge on any atom is 0.0434 e. The van der Waals surface area contributed by atoms with Gasteiger partial charge in [-0.3, -0.25) is 0 Å². The van der Waals surface area contributed by atoms with Crippen LogP contribution in [0.25, 0.3) is 85.9 Å². The zero-order chi connectivity index (χ0) is 24.1. The van der Waals surface area contributed by atoms with Crippen LogP contribution in [-0.4, -0.2) is 0 Å². The Balaban J connectivity index is 1.56. The Morgan fingerprint density at radius 1 is 0.378 bits per heavy atom. The standard InChI is InChI=1S/C36H20S/c1-2-11-24-21(8-1)18-19-23-20-30-26-13-5-9-22-10-6-15-28(32(22)26)34(30)35(33(23)24)29-16-7-14-27-25-12-3-4-17-31(25)37-36(27)29/h1-20H. The summed E-state index contributed by atoms with van der Waals surface area (Å²) in [7, 11) is 0. The Bertz CT molecular complexity index is 2240. The molecule has 0 nitrogen and oxygen atoms in total. The second-order valence-electron chi connectivity index (χ2n) is 10.0. The molecule has 0 unspecified atom stereocenters. The largest absolute Gasteiger partial charge is 0.135 e. The number of thiophene rings is 1. The third-order valence-electron chi connectivity index (χ3n) is 8.17. The van der Waals surface area contributed by atoms with Gasteiger partial charge in [0.15, 0.2) is 0 Å². The molecule has 1 aliphatic rings. The summed E-state index contributed by atoms with van der Waals surface area (Å²) in [6.07, 6.45) is 0. The molecule has 0 amide bonds. The molecule has 1 heterocycles. The molecular weight excluding hydrogens is 464 g/mol. The van der Waals surface area contributed by atoms with Crippen molar-refractivity contribution >= 4 is 63.8 Å². The molecular formula is C36H20S. The molecule has 0 N–H and O–H groups in total. The van der Waals surface area contributed by atoms with E-state index in [1.807, 2.05) is 11.3 Å². The van der Waals surface area contributed by atoms with Gasteiger partial charge >= 0.3 is 0 Å². The van der Waals surface area contributed by atoms with Gasteiger partial charge in [0.2, 0.25) is 0 Å². The quantitative estimate of drug-likeness (QED) is 0.203. The van der Waals surface area contributed by atoms with Gasteiger partial charge in [0.05, 0.1) is 0 Å². The number of benzene rings is 7. The molecule has 0 saturated heterocycles. The summed E-state index contributed by atoms with van der Waals surface area (Å²) < 4.78 is 2.71. The number of hydrogen-bond acceptors (Lipinski definition) is 1. The first-order valence-electron chi connectivity index (χ1n) is 12.8. The fraction of sp³-hybridized carbons (Fsp3) is 0. The highest BCUT2D eigenvalue weighted by Gasteiger charge is 2.28. The minimum Gasteiger partial charge on any atom is -0.135 e. The lowest BCUT2D eigenvalue weighted by molar-refractivity contribution is 1.71. The molecule has 0 radical (unpaired) electrons. The highest BCUT2D eigenvalue weighted by Crippen LogP contribution is 2.55. The molecule has 0 saturated carbocycles. The van der Waals surface area contributed by atoms with Crippen molar-refractivity contribution in [3.8, 4) is 33.4 Å². The van der Waals surface area contributed by atoms with Gasteiger partial charge in [-0.2, -0.15) is 0 Å². The van der Waals surface area contributed by atoms with Gasteiger partial charge in [0.1, 0.15) is 0 Å². The molecule has 1 heteroatoms. The van der Waals surface area contributed by atoms with E-state index in [4.69, 9.17) is 0 Å². The van der Waals surface area contributed by atoms with Crippen molar-refractivity contribution in [2.24, 2.45) is 0 Å². The first-order valence-corrected chi connectivity index (χ1v) is 13.6. The molecule has 7 aromatic carbocycles. The van der Waals surface area contributed by atoms with Gasteiger partial charge in [-0.25, -0.2) is 0 Å². The van der Waals surface area contributed by atoms with E-state index in [0.29, 0.717) is 0 Å². The van der Waals surface area contributed by atoms with E-state index in [1.54, 1.807) is 0 Å². The predicted molar refractivity (Wildman–Crippen MR) is 162 cm³/mol. The van der Waals surface area contributed by atoms with Crippen molar-refractivity contribution in [3.63, 3.8) is 0 Å². The van der Waals surface area contributed by atoms with Crippen molar-refractivity contribution < 1.29 is 0 Å². The minimum absolute atomic E-state index is 1.29. The topological polar surface area (TPSA) is 0 Å². The average molecular weight is 485 g/mol. The summed E-state index contributed by atoms with van der Waals surface area (Å²) in [5, 5.41) is 10.6. The monoisotopic (exact) mass is 484 g/mol. The maximum absolute atomic E-state index is 2.43. The molecule has 1 aliphatic carbocycles. The van der Waals surface area contributed by atoms with Crippen LogP contribution in [0, 0.1) is 0 Å². The lowest BCUT2D eigenvalue weighted by Gasteiger charge is -2.17. The van der Waals surface area contributed by atoms with Crippen molar-refractivity contribution in [3.05, 3.63) is 121 Å². The zero-order valence-electron chi connectivity index (χ0n) is 20.0. The summed E-state index contributed by atoms with van der Waals surface area (Å²) >= 11 is 1.92. The second kappa shape index (κ2) is 7.06. The van der Waals surface area contributed by atoms with E-state index >= 15 is 0 Å². The Morgan fingerprint density at radius 2 is 1.05 bits per heavy atom. The Hall–Kier alpha value is -4.46. The molecule has 0 fully saturated rings. The SMILES string of the molecule is c1cc2c3c(cccc3c1)-c1c-2cc2ccc3ccccc3c2c1-c1cccc2c1sc1ccccc12. The molecule has 0 bridgehead atoms. The predicted octanol–water partition coefficient (Wildman–Crippen LogP) is 10.8. The summed E-state index contributed by atoms with van der Waals surface area (Å²) in [6.45, 7) is 0. The van der Waals surface area contributed by atoms with Gasteiger partial charge in [-0.1, -0.05) is 109 Å². The highest BCUT2D eigenvalue weighted by molar-refractivity contribution is 7.26. The van der Waals surface area contributed by atoms with E-state index in [-0.39, 0.29) is 0 Å². The van der Waals surface area contributed by atoms with Gasteiger partial charge in [-0.05, 0) is 66.7 Å². The van der Waals surface area contributed by atoms with Crippen molar-refractivity contribution in [2.45, 2.75) is 0 Å². The third kappa shape index (κ3) is 2.52. The van der Waals surface area contributed by atoms with E-state index in [2.05, 4.69) is 121 Å². The van der Waals surface area contributed by atoms with Crippen LogP contribution in [-0.2, 0) is 0 Å². The molecule has 1 aromatic heterocycles. The number of fused-ring (bicyclic) bond motifs is 9. The van der Waals surface area contributed by atoms with E-state index in [9.17, 15) is 0 Å². The van der Waals surface area contributed by atoms with Crippen LogP contribution < -0.4 is 0 Å². The van der Waals surface area contributed by atoms with Gasteiger partial charge < -0.3 is 0 Å². The summed E-state index contributed by atoms with van der Waals surface area (Å²) in [6, 6.07) is 45.1. The number of rotatable bonds is 1. The van der Waals surface area contributed by atoms with E-state index in [0.717, 1.165) is 0 Å². The highest BCUT2D eigenvalue weighted by atomic mass is 32.1. The van der Waals surface area contributed by atoms with Gasteiger partial charge in [0, 0.05) is 31.3 Å². The van der Waals surface area contributed by atoms with E-state index < -0.39 is 0 Å². The third-order valence-corrected chi connectivity index (χ3v) is 9.39. The van der Waals surface area contributed by atoms with Gasteiger partial charge in [-0.15, -0.1) is 11.3 Å². The summed E-state index contributed by atoms with van der Waals surface area (Å²) in [4.78, 5) is 0. The molecule has 9 rings (SSSR count). The Morgan fingerprint density at radius 3 is 1.97 bits per heavy atom. The summed E-state index contributed by atoms with van der Waals surface area (Å²) in [5.41, 5.74) is 8.13. The zero-order valence-corrected chi connectivity index (χ0v) is 20.8. The Labute approximate surface area is 218 Å². The fourth-order valence-electron chi connectivity index (χ4n) is 6.65. The minimum atomic E-state index is 1.29. The van der Waals surface area contributed by atoms with Crippen LogP contribution in [0.4, 0.5) is 0 Å². The number of hydrogen-bond donors (Lipinski definition) is 0.